The van der Waals surface area contributed by atoms with Gasteiger partial charge >= 0.3 is 0 Å². The topological polar surface area (TPSA) is 52.2 Å². The third-order valence-corrected chi connectivity index (χ3v) is 4.89. The molecule has 0 unspecified atom stereocenters. The molecule has 24 heavy (non-hydrogen) atoms. The second-order valence-electron chi connectivity index (χ2n) is 6.33. The van der Waals surface area contributed by atoms with E-state index in [0.717, 1.165) is 56.7 Å². The maximum absolute atomic E-state index is 12.9. The maximum atomic E-state index is 12.9. The van der Waals surface area contributed by atoms with E-state index >= 15 is 0 Å². The van der Waals surface area contributed by atoms with Crippen molar-refractivity contribution >= 4 is 5.91 Å². The molecule has 3 heterocycles. The summed E-state index contributed by atoms with van der Waals surface area (Å²) < 4.78 is 0. The number of piperidine rings is 1. The molecule has 1 saturated heterocycles. The summed E-state index contributed by atoms with van der Waals surface area (Å²) in [7, 11) is 0. The van der Waals surface area contributed by atoms with E-state index in [4.69, 9.17) is 0 Å². The number of amides is 1. The van der Waals surface area contributed by atoms with Gasteiger partial charge in [0.25, 0.3) is 5.91 Å². The molecule has 3 rings (SSSR count). The fourth-order valence-electron chi connectivity index (χ4n) is 3.40. The number of nitrogens with one attached hydrogen (secondary N) is 1. The summed E-state index contributed by atoms with van der Waals surface area (Å²) >= 11 is 0. The Bertz CT molecular complexity index is 618. The van der Waals surface area contributed by atoms with Crippen molar-refractivity contribution in [3.8, 4) is 0 Å². The zero-order chi connectivity index (χ0) is 16.8. The number of pyridine rings is 1. The van der Waals surface area contributed by atoms with Crippen LogP contribution in [-0.2, 0) is 6.42 Å². The van der Waals surface area contributed by atoms with Crippen LogP contribution in [0.5, 0.6) is 0 Å². The van der Waals surface area contributed by atoms with Crippen molar-refractivity contribution in [3.05, 3.63) is 54.1 Å². The van der Waals surface area contributed by atoms with Crippen LogP contribution >= 0.6 is 0 Å². The van der Waals surface area contributed by atoms with Crippen molar-refractivity contribution < 1.29 is 4.79 Å². The lowest BCUT2D eigenvalue weighted by molar-refractivity contribution is 0.0579. The van der Waals surface area contributed by atoms with Gasteiger partial charge < -0.3 is 14.8 Å². The number of aromatic amines is 1. The average molecular weight is 326 g/mol. The number of nitrogens with zero attached hydrogens (tertiary/aromatic N) is 3. The number of H-pyrrole nitrogens is 1. The van der Waals surface area contributed by atoms with Crippen LogP contribution in [0.3, 0.4) is 0 Å². The molecule has 0 aromatic carbocycles. The summed E-state index contributed by atoms with van der Waals surface area (Å²) in [4.78, 5) is 24.8. The molecule has 0 radical (unpaired) electrons. The molecule has 0 aliphatic carbocycles. The number of rotatable bonds is 6. The Hall–Kier alpha value is -2.14. The number of carbonyl (C=O) groups excluding carboxylic acids is 1. The second-order valence-corrected chi connectivity index (χ2v) is 6.33. The van der Waals surface area contributed by atoms with E-state index in [1.807, 2.05) is 36.7 Å². The first-order valence-electron chi connectivity index (χ1n) is 8.84. The van der Waals surface area contributed by atoms with Crippen LogP contribution in [-0.4, -0.2) is 57.9 Å². The zero-order valence-corrected chi connectivity index (χ0v) is 14.3. The summed E-state index contributed by atoms with van der Waals surface area (Å²) in [5, 5.41) is 0. The minimum absolute atomic E-state index is 0.127. The van der Waals surface area contributed by atoms with E-state index in [2.05, 4.69) is 26.7 Å². The lowest BCUT2D eigenvalue weighted by Gasteiger charge is -2.38. The molecule has 0 spiro atoms. The Balaban J connectivity index is 1.70. The number of aromatic nitrogens is 2. The second kappa shape index (κ2) is 8.11. The van der Waals surface area contributed by atoms with E-state index in [1.54, 1.807) is 6.20 Å². The minimum atomic E-state index is 0.127. The predicted octanol–water partition coefficient (Wildman–Crippen LogP) is 2.58. The average Bonchev–Trinajstić information content (AvgIpc) is 3.18. The third kappa shape index (κ3) is 4.03. The SMILES string of the molecule is CCN1CCC(N(CCc2ccccn2)C(=O)c2cc[nH]c2)CC1. The van der Waals surface area contributed by atoms with Crippen molar-refractivity contribution in [3.63, 3.8) is 0 Å². The highest BCUT2D eigenvalue weighted by molar-refractivity contribution is 5.94. The van der Waals surface area contributed by atoms with Gasteiger partial charge in [-0.2, -0.15) is 0 Å². The highest BCUT2D eigenvalue weighted by atomic mass is 16.2. The fraction of sp³-hybridized carbons (Fsp3) is 0.474. The molecule has 0 bridgehead atoms. The summed E-state index contributed by atoms with van der Waals surface area (Å²) in [6.45, 7) is 6.15. The smallest absolute Gasteiger partial charge is 0.255 e. The van der Waals surface area contributed by atoms with Crippen LogP contribution in [0.4, 0.5) is 0 Å². The normalized spacial score (nSPS) is 16.2. The van der Waals surface area contributed by atoms with Crippen molar-refractivity contribution in [1.29, 1.82) is 0 Å². The molecule has 128 valence electrons. The van der Waals surface area contributed by atoms with Gasteiger partial charge in [-0.15, -0.1) is 0 Å². The maximum Gasteiger partial charge on any atom is 0.255 e. The minimum Gasteiger partial charge on any atom is -0.367 e. The first-order valence-corrected chi connectivity index (χ1v) is 8.84. The van der Waals surface area contributed by atoms with Crippen molar-refractivity contribution in [2.24, 2.45) is 0 Å². The number of hydrogen-bond acceptors (Lipinski definition) is 3. The Morgan fingerprint density at radius 3 is 2.79 bits per heavy atom. The van der Waals surface area contributed by atoms with Crippen molar-refractivity contribution in [2.45, 2.75) is 32.2 Å². The predicted molar refractivity (Wildman–Crippen MR) is 94.9 cm³/mol. The largest absolute Gasteiger partial charge is 0.367 e. The molecule has 5 nitrogen and oxygen atoms in total. The van der Waals surface area contributed by atoms with Crippen LogP contribution in [0.2, 0.25) is 0 Å². The summed E-state index contributed by atoms with van der Waals surface area (Å²) in [6.07, 6.45) is 8.30. The summed E-state index contributed by atoms with van der Waals surface area (Å²) in [5.74, 6) is 0.127. The van der Waals surface area contributed by atoms with Crippen LogP contribution < -0.4 is 0 Å². The molecule has 1 amide bonds. The highest BCUT2D eigenvalue weighted by Crippen LogP contribution is 2.19. The molecule has 0 saturated carbocycles. The summed E-state index contributed by atoms with van der Waals surface area (Å²) in [6, 6.07) is 8.13. The molecule has 5 heteroatoms. The molecule has 0 atom stereocenters. The number of carbonyl (C=O) groups is 1. The molecule has 1 N–H and O–H groups in total. The standard InChI is InChI=1S/C19H26N4O/c1-2-22-12-8-18(9-13-22)23(19(24)16-6-11-20-15-16)14-7-17-5-3-4-10-21-17/h3-6,10-11,15,18,20H,2,7-9,12-14H2,1H3. The molecule has 1 aliphatic heterocycles. The molecular formula is C19H26N4O. The van der Waals surface area contributed by atoms with E-state index in [-0.39, 0.29) is 5.91 Å². The Labute approximate surface area is 143 Å². The highest BCUT2D eigenvalue weighted by Gasteiger charge is 2.28. The lowest BCUT2D eigenvalue weighted by Crippen LogP contribution is -2.48. The van der Waals surface area contributed by atoms with Gasteiger partial charge in [-0.05, 0) is 37.6 Å². The van der Waals surface area contributed by atoms with Crippen molar-refractivity contribution in [2.75, 3.05) is 26.2 Å². The van der Waals surface area contributed by atoms with Crippen LogP contribution in [0.25, 0.3) is 0 Å². The quantitative estimate of drug-likeness (QED) is 0.888. The van der Waals surface area contributed by atoms with E-state index in [9.17, 15) is 4.79 Å². The molecule has 1 fully saturated rings. The lowest BCUT2D eigenvalue weighted by atomic mass is 10.0. The zero-order valence-electron chi connectivity index (χ0n) is 14.3. The first kappa shape index (κ1) is 16.7. The first-order chi connectivity index (χ1) is 11.8. The van der Waals surface area contributed by atoms with Gasteiger partial charge in [0.1, 0.15) is 0 Å². The molecule has 2 aromatic rings. The Kier molecular flexibility index (Phi) is 5.64. The summed E-state index contributed by atoms with van der Waals surface area (Å²) in [5.41, 5.74) is 1.78. The van der Waals surface area contributed by atoms with Gasteiger partial charge in [-0.1, -0.05) is 13.0 Å². The Morgan fingerprint density at radius 2 is 2.17 bits per heavy atom. The molecule has 2 aromatic heterocycles. The van der Waals surface area contributed by atoms with E-state index in [0.29, 0.717) is 6.04 Å². The van der Waals surface area contributed by atoms with Crippen LogP contribution in [0.15, 0.2) is 42.9 Å². The fourth-order valence-corrected chi connectivity index (χ4v) is 3.40. The van der Waals surface area contributed by atoms with Crippen LogP contribution in [0, 0.1) is 0 Å². The molecular weight excluding hydrogens is 300 g/mol. The van der Waals surface area contributed by atoms with E-state index in [1.165, 1.54) is 0 Å². The monoisotopic (exact) mass is 326 g/mol. The van der Waals surface area contributed by atoms with Gasteiger partial charge in [0, 0.05) is 56.4 Å². The van der Waals surface area contributed by atoms with Gasteiger partial charge in [0.15, 0.2) is 0 Å². The third-order valence-electron chi connectivity index (χ3n) is 4.89. The molecule has 1 aliphatic rings. The van der Waals surface area contributed by atoms with Crippen LogP contribution in [0.1, 0.15) is 35.8 Å². The van der Waals surface area contributed by atoms with Gasteiger partial charge in [-0.3, -0.25) is 9.78 Å². The number of likely N-dealkylation sites (tertiary alicyclic amines) is 1. The van der Waals surface area contributed by atoms with Gasteiger partial charge in [0.2, 0.25) is 0 Å². The Morgan fingerprint density at radius 1 is 1.33 bits per heavy atom. The van der Waals surface area contributed by atoms with E-state index < -0.39 is 0 Å². The van der Waals surface area contributed by atoms with Gasteiger partial charge in [-0.25, -0.2) is 0 Å². The van der Waals surface area contributed by atoms with Crippen molar-refractivity contribution in [1.82, 2.24) is 19.8 Å². The van der Waals surface area contributed by atoms with Gasteiger partial charge in [0.05, 0.1) is 5.56 Å². The number of hydrogen-bond donors (Lipinski definition) is 1.